The summed E-state index contributed by atoms with van der Waals surface area (Å²) in [6.07, 6.45) is 1.59. The fraction of sp³-hybridized carbons (Fsp3) is 0.364. The van der Waals surface area contributed by atoms with E-state index in [2.05, 4.69) is 0 Å². The van der Waals surface area contributed by atoms with Crippen LogP contribution in [0.3, 0.4) is 0 Å². The van der Waals surface area contributed by atoms with E-state index in [1.165, 1.54) is 0 Å². The summed E-state index contributed by atoms with van der Waals surface area (Å²) in [6.45, 7) is 1.90. The summed E-state index contributed by atoms with van der Waals surface area (Å²) in [5, 5.41) is 10.6. The molecule has 0 bridgehead atoms. The van der Waals surface area contributed by atoms with Gasteiger partial charge in [0.2, 0.25) is 5.75 Å². The summed E-state index contributed by atoms with van der Waals surface area (Å²) in [5.74, 6) is -1.63. The number of rotatable bonds is 5. The number of nitrogens with zero attached hydrogens (tertiary/aromatic N) is 1. The van der Waals surface area contributed by atoms with Gasteiger partial charge in [-0.2, -0.15) is 0 Å². The van der Waals surface area contributed by atoms with E-state index in [-0.39, 0.29) is 12.2 Å². The minimum Gasteiger partial charge on any atom is -0.419 e. The van der Waals surface area contributed by atoms with Crippen LogP contribution in [0.15, 0.2) is 18.2 Å². The Balaban J connectivity index is 2.85. The van der Waals surface area contributed by atoms with E-state index in [1.54, 1.807) is 0 Å². The van der Waals surface area contributed by atoms with Crippen LogP contribution in [0.2, 0.25) is 0 Å². The number of unbranched alkanes of at least 4 members (excludes halogenated alkanes) is 1. The Morgan fingerprint density at radius 1 is 1.53 bits per heavy atom. The fourth-order valence-electron chi connectivity index (χ4n) is 1.22. The molecule has 0 aliphatic carbocycles. The molecule has 0 saturated heterocycles. The largest absolute Gasteiger partial charge is 0.419 e. The van der Waals surface area contributed by atoms with Crippen molar-refractivity contribution in [3.63, 3.8) is 0 Å². The highest BCUT2D eigenvalue weighted by molar-refractivity contribution is 5.73. The predicted molar refractivity (Wildman–Crippen MR) is 58.2 cm³/mol. The molecule has 0 N–H and O–H groups in total. The Bertz CT molecular complexity index is 433. The molecular formula is C11H12FNO4. The maximum Gasteiger partial charge on any atom is 0.311 e. The summed E-state index contributed by atoms with van der Waals surface area (Å²) < 4.78 is 17.7. The van der Waals surface area contributed by atoms with E-state index in [4.69, 9.17) is 4.74 Å². The summed E-state index contributed by atoms with van der Waals surface area (Å²) in [5.41, 5.74) is -0.420. The van der Waals surface area contributed by atoms with Crippen LogP contribution in [0.1, 0.15) is 26.2 Å². The fourth-order valence-corrected chi connectivity index (χ4v) is 1.22. The average Bonchev–Trinajstić information content (AvgIpc) is 2.26. The second-order valence-corrected chi connectivity index (χ2v) is 3.45. The lowest BCUT2D eigenvalue weighted by Crippen LogP contribution is -2.09. The number of ether oxygens (including phenoxy) is 1. The number of esters is 1. The summed E-state index contributed by atoms with van der Waals surface area (Å²) in [6, 6.07) is 2.75. The highest BCUT2D eigenvalue weighted by atomic mass is 19.1. The van der Waals surface area contributed by atoms with Crippen molar-refractivity contribution < 1.29 is 18.8 Å². The van der Waals surface area contributed by atoms with Crippen molar-refractivity contribution in [3.8, 4) is 5.75 Å². The molecule has 17 heavy (non-hydrogen) atoms. The number of carbonyl (C=O) groups is 1. The molecule has 0 radical (unpaired) electrons. The number of benzene rings is 1. The first-order valence-electron chi connectivity index (χ1n) is 5.19. The number of hydrogen-bond donors (Lipinski definition) is 0. The molecule has 1 aromatic carbocycles. The quantitative estimate of drug-likeness (QED) is 0.344. The van der Waals surface area contributed by atoms with Crippen LogP contribution in [0.25, 0.3) is 0 Å². The van der Waals surface area contributed by atoms with Crippen molar-refractivity contribution in [2.45, 2.75) is 26.2 Å². The number of halogens is 1. The van der Waals surface area contributed by atoms with Crippen LogP contribution in [0.4, 0.5) is 10.1 Å². The molecule has 0 aliphatic rings. The Hall–Kier alpha value is -1.98. The van der Waals surface area contributed by atoms with Gasteiger partial charge in [0.15, 0.2) is 0 Å². The maximum absolute atomic E-state index is 12.9. The molecule has 0 aromatic heterocycles. The van der Waals surface area contributed by atoms with Gasteiger partial charge in [-0.15, -0.1) is 0 Å². The van der Waals surface area contributed by atoms with E-state index >= 15 is 0 Å². The minimum absolute atomic E-state index is 0.157. The third kappa shape index (κ3) is 3.82. The predicted octanol–water partition coefficient (Wildman–Crippen LogP) is 2.83. The molecule has 0 heterocycles. The molecule has 92 valence electrons. The van der Waals surface area contributed by atoms with Crippen molar-refractivity contribution in [1.82, 2.24) is 0 Å². The minimum atomic E-state index is -0.720. The number of nitro groups is 1. The highest BCUT2D eigenvalue weighted by Gasteiger charge is 2.18. The lowest BCUT2D eigenvalue weighted by Gasteiger charge is -2.04. The topological polar surface area (TPSA) is 69.4 Å². The lowest BCUT2D eigenvalue weighted by atomic mass is 10.2. The molecule has 0 unspecified atom stereocenters. The van der Waals surface area contributed by atoms with Crippen molar-refractivity contribution in [2.24, 2.45) is 0 Å². The summed E-state index contributed by atoms with van der Waals surface area (Å²) >= 11 is 0. The molecule has 6 heteroatoms. The van der Waals surface area contributed by atoms with E-state index in [1.807, 2.05) is 6.92 Å². The van der Waals surface area contributed by atoms with Crippen molar-refractivity contribution in [2.75, 3.05) is 0 Å². The van der Waals surface area contributed by atoms with Gasteiger partial charge in [0.05, 0.1) is 4.92 Å². The van der Waals surface area contributed by atoms with E-state index in [9.17, 15) is 19.3 Å². The number of carbonyl (C=O) groups excluding carboxylic acids is 1. The zero-order chi connectivity index (χ0) is 12.8. The van der Waals surface area contributed by atoms with Gasteiger partial charge in [-0.05, 0) is 12.5 Å². The Kier molecular flexibility index (Phi) is 4.56. The molecule has 0 fully saturated rings. The van der Waals surface area contributed by atoms with Gasteiger partial charge in [0, 0.05) is 18.6 Å². The standard InChI is InChI=1S/C11H12FNO4/c1-2-3-4-11(14)17-10-7-8(12)5-6-9(10)13(15)16/h5-7H,2-4H2,1H3. The zero-order valence-electron chi connectivity index (χ0n) is 9.31. The Morgan fingerprint density at radius 2 is 2.24 bits per heavy atom. The molecular weight excluding hydrogens is 229 g/mol. The number of hydrogen-bond acceptors (Lipinski definition) is 4. The van der Waals surface area contributed by atoms with Gasteiger partial charge in [-0.3, -0.25) is 14.9 Å². The van der Waals surface area contributed by atoms with Crippen LogP contribution < -0.4 is 4.74 Å². The third-order valence-electron chi connectivity index (χ3n) is 2.08. The van der Waals surface area contributed by atoms with Crippen molar-refractivity contribution in [1.29, 1.82) is 0 Å². The molecule has 1 rings (SSSR count). The van der Waals surface area contributed by atoms with E-state index in [0.717, 1.165) is 24.6 Å². The van der Waals surface area contributed by atoms with Gasteiger partial charge in [-0.25, -0.2) is 4.39 Å². The van der Waals surface area contributed by atoms with Crippen LogP contribution in [-0.2, 0) is 4.79 Å². The van der Waals surface area contributed by atoms with Crippen molar-refractivity contribution >= 4 is 11.7 Å². The van der Waals surface area contributed by atoms with E-state index < -0.39 is 22.4 Å². The monoisotopic (exact) mass is 241 g/mol. The van der Waals surface area contributed by atoms with Crippen LogP contribution in [-0.4, -0.2) is 10.9 Å². The highest BCUT2D eigenvalue weighted by Crippen LogP contribution is 2.27. The lowest BCUT2D eigenvalue weighted by molar-refractivity contribution is -0.385. The smallest absolute Gasteiger partial charge is 0.311 e. The Morgan fingerprint density at radius 3 is 2.82 bits per heavy atom. The zero-order valence-corrected chi connectivity index (χ0v) is 9.31. The molecule has 5 nitrogen and oxygen atoms in total. The SMILES string of the molecule is CCCCC(=O)Oc1cc(F)ccc1[N+](=O)[O-]. The number of nitro benzene ring substituents is 1. The van der Waals surface area contributed by atoms with Gasteiger partial charge < -0.3 is 4.74 Å². The Labute approximate surface area is 97.3 Å². The molecule has 0 spiro atoms. The van der Waals surface area contributed by atoms with Crippen molar-refractivity contribution in [3.05, 3.63) is 34.1 Å². The molecule has 1 aromatic rings. The van der Waals surface area contributed by atoms with Gasteiger partial charge in [0.1, 0.15) is 5.82 Å². The van der Waals surface area contributed by atoms with Gasteiger partial charge >= 0.3 is 11.7 Å². The second-order valence-electron chi connectivity index (χ2n) is 3.45. The first-order valence-corrected chi connectivity index (χ1v) is 5.19. The summed E-state index contributed by atoms with van der Waals surface area (Å²) in [4.78, 5) is 21.2. The van der Waals surface area contributed by atoms with Gasteiger partial charge in [0.25, 0.3) is 0 Å². The average molecular weight is 241 g/mol. The van der Waals surface area contributed by atoms with Gasteiger partial charge in [-0.1, -0.05) is 13.3 Å². The summed E-state index contributed by atoms with van der Waals surface area (Å²) in [7, 11) is 0. The molecule has 0 amide bonds. The molecule has 0 aliphatic heterocycles. The maximum atomic E-state index is 12.9. The van der Waals surface area contributed by atoms with Crippen LogP contribution >= 0.6 is 0 Å². The van der Waals surface area contributed by atoms with Crippen LogP contribution in [0, 0.1) is 15.9 Å². The normalized spacial score (nSPS) is 10.0. The first-order chi connectivity index (χ1) is 8.04. The first kappa shape index (κ1) is 13.1. The molecule has 0 saturated carbocycles. The third-order valence-corrected chi connectivity index (χ3v) is 2.08. The van der Waals surface area contributed by atoms with Crippen LogP contribution in [0.5, 0.6) is 5.75 Å². The second kappa shape index (κ2) is 5.93. The molecule has 0 atom stereocenters. The van der Waals surface area contributed by atoms with E-state index in [0.29, 0.717) is 6.42 Å².